The number of hydrogen-bond donors (Lipinski definition) is 1. The van der Waals surface area contributed by atoms with E-state index in [0.717, 1.165) is 18.5 Å². The van der Waals surface area contributed by atoms with Gasteiger partial charge >= 0.3 is 0 Å². The SMILES string of the molecule is OCC1=CN(Cc2ccccc2)c2ccccc2C1. The molecule has 0 aromatic heterocycles. The second-order valence-electron chi connectivity index (χ2n) is 4.86. The van der Waals surface area contributed by atoms with Crippen LogP contribution in [0, 0.1) is 0 Å². The molecule has 0 aliphatic carbocycles. The van der Waals surface area contributed by atoms with Gasteiger partial charge in [-0.2, -0.15) is 0 Å². The summed E-state index contributed by atoms with van der Waals surface area (Å²) in [7, 11) is 0. The molecule has 0 spiro atoms. The van der Waals surface area contributed by atoms with E-state index in [-0.39, 0.29) is 6.61 Å². The van der Waals surface area contributed by atoms with Crippen molar-refractivity contribution in [2.45, 2.75) is 13.0 Å². The lowest BCUT2D eigenvalue weighted by molar-refractivity contribution is 0.327. The normalized spacial score (nSPS) is 13.9. The van der Waals surface area contributed by atoms with Crippen LogP contribution in [-0.4, -0.2) is 11.7 Å². The molecule has 0 radical (unpaired) electrons. The summed E-state index contributed by atoms with van der Waals surface area (Å²) in [4.78, 5) is 2.22. The fourth-order valence-corrected chi connectivity index (χ4v) is 2.53. The minimum absolute atomic E-state index is 0.125. The van der Waals surface area contributed by atoms with Crippen molar-refractivity contribution >= 4 is 5.69 Å². The highest BCUT2D eigenvalue weighted by Crippen LogP contribution is 2.29. The van der Waals surface area contributed by atoms with Gasteiger partial charge in [0.05, 0.1) is 6.61 Å². The van der Waals surface area contributed by atoms with Crippen molar-refractivity contribution in [3.8, 4) is 0 Å². The summed E-state index contributed by atoms with van der Waals surface area (Å²) in [5.41, 5.74) is 4.86. The largest absolute Gasteiger partial charge is 0.392 e. The molecule has 2 aromatic rings. The Morgan fingerprint density at radius 2 is 1.68 bits per heavy atom. The van der Waals surface area contributed by atoms with Gasteiger partial charge in [0.1, 0.15) is 0 Å². The Bertz CT molecular complexity index is 589. The Morgan fingerprint density at radius 3 is 2.47 bits per heavy atom. The van der Waals surface area contributed by atoms with E-state index in [1.165, 1.54) is 16.8 Å². The third-order valence-electron chi connectivity index (χ3n) is 3.46. The van der Waals surface area contributed by atoms with Gasteiger partial charge in [0.15, 0.2) is 0 Å². The smallest absolute Gasteiger partial charge is 0.0662 e. The van der Waals surface area contributed by atoms with E-state index < -0.39 is 0 Å². The van der Waals surface area contributed by atoms with Gasteiger partial charge in [0.2, 0.25) is 0 Å². The summed E-state index contributed by atoms with van der Waals surface area (Å²) in [6.07, 6.45) is 2.92. The molecule has 0 amide bonds. The fraction of sp³-hybridized carbons (Fsp3) is 0.176. The third kappa shape index (κ3) is 2.54. The maximum Gasteiger partial charge on any atom is 0.0662 e. The minimum atomic E-state index is 0.125. The van der Waals surface area contributed by atoms with Gasteiger partial charge in [-0.1, -0.05) is 48.5 Å². The minimum Gasteiger partial charge on any atom is -0.392 e. The first kappa shape index (κ1) is 12.0. The number of anilines is 1. The topological polar surface area (TPSA) is 23.5 Å². The van der Waals surface area contributed by atoms with Crippen LogP contribution in [0.25, 0.3) is 0 Å². The molecule has 0 saturated carbocycles. The van der Waals surface area contributed by atoms with Crippen molar-refractivity contribution in [1.29, 1.82) is 0 Å². The van der Waals surface area contributed by atoms with Gasteiger partial charge in [-0.3, -0.25) is 0 Å². The molecular weight excluding hydrogens is 234 g/mol. The van der Waals surface area contributed by atoms with E-state index in [1.54, 1.807) is 0 Å². The second-order valence-corrected chi connectivity index (χ2v) is 4.86. The highest BCUT2D eigenvalue weighted by atomic mass is 16.3. The van der Waals surface area contributed by atoms with Crippen molar-refractivity contribution in [1.82, 2.24) is 0 Å². The Morgan fingerprint density at radius 1 is 0.947 bits per heavy atom. The van der Waals surface area contributed by atoms with Crippen LogP contribution < -0.4 is 4.90 Å². The average Bonchev–Trinajstić information content (AvgIpc) is 2.48. The van der Waals surface area contributed by atoms with Crippen LogP contribution in [0.4, 0.5) is 5.69 Å². The lowest BCUT2D eigenvalue weighted by atomic mass is 9.99. The van der Waals surface area contributed by atoms with Gasteiger partial charge in [0, 0.05) is 18.4 Å². The molecular formula is C17H17NO. The Hall–Kier alpha value is -2.06. The van der Waals surface area contributed by atoms with E-state index in [1.807, 2.05) is 6.07 Å². The molecule has 2 heteroatoms. The molecule has 0 atom stereocenters. The highest BCUT2D eigenvalue weighted by Gasteiger charge is 2.16. The number of rotatable bonds is 3. The van der Waals surface area contributed by atoms with Crippen LogP contribution in [-0.2, 0) is 13.0 Å². The third-order valence-corrected chi connectivity index (χ3v) is 3.46. The van der Waals surface area contributed by atoms with Crippen LogP contribution >= 0.6 is 0 Å². The average molecular weight is 251 g/mol. The summed E-state index contributed by atoms with van der Waals surface area (Å²) in [6.45, 7) is 0.959. The van der Waals surface area contributed by atoms with Crippen molar-refractivity contribution in [2.75, 3.05) is 11.5 Å². The summed E-state index contributed by atoms with van der Waals surface area (Å²) in [5, 5.41) is 9.41. The summed E-state index contributed by atoms with van der Waals surface area (Å²) >= 11 is 0. The molecule has 0 unspecified atom stereocenters. The molecule has 0 fully saturated rings. The molecule has 1 aliphatic rings. The van der Waals surface area contributed by atoms with Crippen LogP contribution in [0.2, 0.25) is 0 Å². The van der Waals surface area contributed by atoms with E-state index >= 15 is 0 Å². The molecule has 2 nitrogen and oxygen atoms in total. The molecule has 1 heterocycles. The molecule has 0 bridgehead atoms. The van der Waals surface area contributed by atoms with Gasteiger partial charge in [-0.25, -0.2) is 0 Å². The van der Waals surface area contributed by atoms with Crippen molar-refractivity contribution < 1.29 is 5.11 Å². The van der Waals surface area contributed by atoms with Crippen LogP contribution in [0.1, 0.15) is 11.1 Å². The first-order valence-corrected chi connectivity index (χ1v) is 6.56. The first-order valence-electron chi connectivity index (χ1n) is 6.56. The number of fused-ring (bicyclic) bond motifs is 1. The molecule has 2 aromatic carbocycles. The molecule has 3 rings (SSSR count). The maximum absolute atomic E-state index is 9.41. The number of para-hydroxylation sites is 1. The van der Waals surface area contributed by atoms with Crippen molar-refractivity contribution in [2.24, 2.45) is 0 Å². The molecule has 0 saturated heterocycles. The summed E-state index contributed by atoms with van der Waals surface area (Å²) in [6, 6.07) is 18.8. The molecule has 19 heavy (non-hydrogen) atoms. The first-order chi connectivity index (χ1) is 9.36. The summed E-state index contributed by atoms with van der Waals surface area (Å²) in [5.74, 6) is 0. The Balaban J connectivity index is 1.93. The number of aliphatic hydroxyl groups is 1. The lowest BCUT2D eigenvalue weighted by Gasteiger charge is -2.29. The van der Waals surface area contributed by atoms with Gasteiger partial charge in [0.25, 0.3) is 0 Å². The zero-order valence-corrected chi connectivity index (χ0v) is 10.8. The monoisotopic (exact) mass is 251 g/mol. The van der Waals surface area contributed by atoms with Crippen molar-refractivity contribution in [3.05, 3.63) is 77.5 Å². The number of hydrogen-bond acceptors (Lipinski definition) is 2. The predicted octanol–water partition coefficient (Wildman–Crippen LogP) is 3.13. The number of benzene rings is 2. The van der Waals surface area contributed by atoms with E-state index in [4.69, 9.17) is 0 Å². The quantitative estimate of drug-likeness (QED) is 0.906. The Labute approximate surface area is 113 Å². The number of aliphatic hydroxyl groups excluding tert-OH is 1. The highest BCUT2D eigenvalue weighted by molar-refractivity contribution is 5.60. The van der Waals surface area contributed by atoms with Crippen LogP contribution in [0.3, 0.4) is 0 Å². The molecule has 1 aliphatic heterocycles. The second kappa shape index (κ2) is 5.29. The number of nitrogens with zero attached hydrogens (tertiary/aromatic N) is 1. The van der Waals surface area contributed by atoms with Gasteiger partial charge in [-0.15, -0.1) is 0 Å². The summed E-state index contributed by atoms with van der Waals surface area (Å²) < 4.78 is 0. The molecule has 96 valence electrons. The van der Waals surface area contributed by atoms with Crippen molar-refractivity contribution in [3.63, 3.8) is 0 Å². The van der Waals surface area contributed by atoms with E-state index in [0.29, 0.717) is 0 Å². The lowest BCUT2D eigenvalue weighted by Crippen LogP contribution is -2.22. The predicted molar refractivity (Wildman–Crippen MR) is 77.9 cm³/mol. The van der Waals surface area contributed by atoms with Crippen LogP contribution in [0.5, 0.6) is 0 Å². The maximum atomic E-state index is 9.41. The van der Waals surface area contributed by atoms with Gasteiger partial charge in [-0.05, 0) is 29.2 Å². The fourth-order valence-electron chi connectivity index (χ4n) is 2.53. The zero-order chi connectivity index (χ0) is 13.1. The van der Waals surface area contributed by atoms with Gasteiger partial charge < -0.3 is 10.0 Å². The van der Waals surface area contributed by atoms with E-state index in [2.05, 4.69) is 59.6 Å². The zero-order valence-electron chi connectivity index (χ0n) is 10.8. The Kier molecular flexibility index (Phi) is 3.34. The van der Waals surface area contributed by atoms with Crippen LogP contribution in [0.15, 0.2) is 66.4 Å². The standard InChI is InChI=1S/C17H17NO/c19-13-15-10-16-8-4-5-9-17(16)18(12-15)11-14-6-2-1-3-7-14/h1-9,12,19H,10-11,13H2. The van der Waals surface area contributed by atoms with E-state index in [9.17, 15) is 5.11 Å². The molecule has 1 N–H and O–H groups in total.